The Kier molecular flexibility index (Phi) is 5.26. The van der Waals surface area contributed by atoms with E-state index in [1.807, 2.05) is 43.3 Å². The summed E-state index contributed by atoms with van der Waals surface area (Å²) in [6.45, 7) is 1.85. The van der Waals surface area contributed by atoms with Gasteiger partial charge in [-0.05, 0) is 37.3 Å². The van der Waals surface area contributed by atoms with Gasteiger partial charge in [0.25, 0.3) is 0 Å². The lowest BCUT2D eigenvalue weighted by molar-refractivity contribution is -0.115. The van der Waals surface area contributed by atoms with Crippen molar-refractivity contribution >= 4 is 35.0 Å². The minimum absolute atomic E-state index is 0.107. The van der Waals surface area contributed by atoms with Gasteiger partial charge < -0.3 is 5.32 Å². The van der Waals surface area contributed by atoms with Crippen LogP contribution in [0.15, 0.2) is 53.4 Å². The van der Waals surface area contributed by atoms with E-state index < -0.39 is 0 Å². The maximum absolute atomic E-state index is 12.1. The monoisotopic (exact) mass is 316 g/mol. The van der Waals surface area contributed by atoms with Crippen LogP contribution < -0.4 is 5.32 Å². The zero-order valence-electron chi connectivity index (χ0n) is 11.3. The molecule has 0 aliphatic heterocycles. The molecule has 0 aliphatic carbocycles. The van der Waals surface area contributed by atoms with Gasteiger partial charge in [0.15, 0.2) is 0 Å². The van der Waals surface area contributed by atoms with E-state index in [4.69, 9.17) is 16.9 Å². The van der Waals surface area contributed by atoms with E-state index in [1.54, 1.807) is 18.2 Å². The second-order valence-electron chi connectivity index (χ2n) is 4.37. The summed E-state index contributed by atoms with van der Waals surface area (Å²) in [6, 6.07) is 16.6. The second kappa shape index (κ2) is 7.16. The summed E-state index contributed by atoms with van der Waals surface area (Å²) in [4.78, 5) is 13.2. The standard InChI is InChI=1S/C16H13ClN2OS/c1-11(21-14-5-3-2-4-6-14)16(20)19-13-8-7-12(10-18)15(17)9-13/h2-9,11H,1H3,(H,19,20). The molecule has 2 rings (SSSR count). The fourth-order valence-electron chi connectivity index (χ4n) is 1.68. The van der Waals surface area contributed by atoms with Crippen LogP contribution in [0.5, 0.6) is 0 Å². The lowest BCUT2D eigenvalue weighted by Gasteiger charge is -2.12. The van der Waals surface area contributed by atoms with Crippen molar-refractivity contribution in [1.29, 1.82) is 5.26 Å². The molecule has 21 heavy (non-hydrogen) atoms. The van der Waals surface area contributed by atoms with Crippen molar-refractivity contribution in [1.82, 2.24) is 0 Å². The van der Waals surface area contributed by atoms with Crippen molar-refractivity contribution in [3.63, 3.8) is 0 Å². The topological polar surface area (TPSA) is 52.9 Å². The van der Waals surface area contributed by atoms with E-state index in [0.717, 1.165) is 4.90 Å². The molecular weight excluding hydrogens is 304 g/mol. The zero-order chi connectivity index (χ0) is 15.2. The molecule has 0 fully saturated rings. The van der Waals surface area contributed by atoms with Crippen LogP contribution >= 0.6 is 23.4 Å². The fourth-order valence-corrected chi connectivity index (χ4v) is 2.80. The first-order chi connectivity index (χ1) is 10.1. The lowest BCUT2D eigenvalue weighted by atomic mass is 10.2. The number of hydrogen-bond donors (Lipinski definition) is 1. The number of nitriles is 1. The third-order valence-corrected chi connectivity index (χ3v) is 4.21. The number of halogens is 1. The molecular formula is C16H13ClN2OS. The molecule has 2 aromatic carbocycles. The van der Waals surface area contributed by atoms with Crippen LogP contribution in [0.3, 0.4) is 0 Å². The van der Waals surface area contributed by atoms with Gasteiger partial charge in [0.2, 0.25) is 5.91 Å². The molecule has 1 N–H and O–H groups in total. The normalized spacial score (nSPS) is 11.5. The highest BCUT2D eigenvalue weighted by Crippen LogP contribution is 2.25. The Morgan fingerprint density at radius 3 is 2.62 bits per heavy atom. The highest BCUT2D eigenvalue weighted by atomic mass is 35.5. The summed E-state index contributed by atoms with van der Waals surface area (Å²) in [7, 11) is 0. The average Bonchev–Trinajstić information content (AvgIpc) is 2.48. The molecule has 0 aliphatic rings. The van der Waals surface area contributed by atoms with Crippen LogP contribution in [0.1, 0.15) is 12.5 Å². The number of nitrogens with one attached hydrogen (secondary N) is 1. The molecule has 1 amide bonds. The molecule has 0 aromatic heterocycles. The van der Waals surface area contributed by atoms with E-state index in [0.29, 0.717) is 16.3 Å². The summed E-state index contributed by atoms with van der Waals surface area (Å²) in [5.41, 5.74) is 0.978. The van der Waals surface area contributed by atoms with Crippen molar-refractivity contribution in [2.45, 2.75) is 17.1 Å². The van der Waals surface area contributed by atoms with Crippen molar-refractivity contribution in [2.75, 3.05) is 5.32 Å². The van der Waals surface area contributed by atoms with Crippen LogP contribution in [-0.2, 0) is 4.79 Å². The molecule has 1 unspecified atom stereocenters. The van der Waals surface area contributed by atoms with Gasteiger partial charge >= 0.3 is 0 Å². The SMILES string of the molecule is CC(Sc1ccccc1)C(=O)Nc1ccc(C#N)c(Cl)c1. The predicted molar refractivity (Wildman–Crippen MR) is 86.6 cm³/mol. The molecule has 0 saturated heterocycles. The summed E-state index contributed by atoms with van der Waals surface area (Å²) >= 11 is 7.43. The number of nitrogens with zero attached hydrogens (tertiary/aromatic N) is 1. The quantitative estimate of drug-likeness (QED) is 0.854. The third-order valence-electron chi connectivity index (χ3n) is 2.78. The van der Waals surface area contributed by atoms with Gasteiger partial charge in [-0.25, -0.2) is 0 Å². The number of rotatable bonds is 4. The minimum Gasteiger partial charge on any atom is -0.325 e. The molecule has 0 spiro atoms. The number of carbonyl (C=O) groups is 1. The summed E-state index contributed by atoms with van der Waals surface area (Å²) in [6.07, 6.45) is 0. The number of carbonyl (C=O) groups excluding carboxylic acids is 1. The highest BCUT2D eigenvalue weighted by molar-refractivity contribution is 8.00. The first kappa shape index (κ1) is 15.4. The Morgan fingerprint density at radius 1 is 1.29 bits per heavy atom. The molecule has 5 heteroatoms. The van der Waals surface area contributed by atoms with Crippen LogP contribution in [0, 0.1) is 11.3 Å². The van der Waals surface area contributed by atoms with Gasteiger partial charge in [-0.3, -0.25) is 4.79 Å². The summed E-state index contributed by atoms with van der Waals surface area (Å²) in [5.74, 6) is -0.107. The van der Waals surface area contributed by atoms with Crippen LogP contribution in [0.2, 0.25) is 5.02 Å². The smallest absolute Gasteiger partial charge is 0.237 e. The van der Waals surface area contributed by atoms with Gasteiger partial charge in [0.05, 0.1) is 15.8 Å². The van der Waals surface area contributed by atoms with Crippen LogP contribution in [-0.4, -0.2) is 11.2 Å². The molecule has 0 radical (unpaired) electrons. The number of amides is 1. The maximum atomic E-state index is 12.1. The highest BCUT2D eigenvalue weighted by Gasteiger charge is 2.14. The van der Waals surface area contributed by atoms with E-state index in [9.17, 15) is 4.79 Å². The third kappa shape index (κ3) is 4.25. The molecule has 106 valence electrons. The van der Waals surface area contributed by atoms with Gasteiger partial charge in [-0.1, -0.05) is 29.8 Å². The molecule has 2 aromatic rings. The fraction of sp³-hybridized carbons (Fsp3) is 0.125. The average molecular weight is 317 g/mol. The van der Waals surface area contributed by atoms with Crippen LogP contribution in [0.4, 0.5) is 5.69 Å². The number of hydrogen-bond acceptors (Lipinski definition) is 3. The van der Waals surface area contributed by atoms with E-state index >= 15 is 0 Å². The minimum atomic E-state index is -0.234. The first-order valence-electron chi connectivity index (χ1n) is 6.32. The Balaban J connectivity index is 2.01. The van der Waals surface area contributed by atoms with E-state index in [1.165, 1.54) is 11.8 Å². The molecule has 0 bridgehead atoms. The Labute approximate surface area is 132 Å². The number of thioether (sulfide) groups is 1. The second-order valence-corrected chi connectivity index (χ2v) is 6.19. The van der Waals surface area contributed by atoms with Gasteiger partial charge in [0.1, 0.15) is 6.07 Å². The van der Waals surface area contributed by atoms with Crippen molar-refractivity contribution in [2.24, 2.45) is 0 Å². The van der Waals surface area contributed by atoms with E-state index in [2.05, 4.69) is 5.32 Å². The number of anilines is 1. The Bertz CT molecular complexity index is 682. The van der Waals surface area contributed by atoms with Crippen LogP contribution in [0.25, 0.3) is 0 Å². The van der Waals surface area contributed by atoms with Gasteiger partial charge in [0, 0.05) is 10.6 Å². The number of benzene rings is 2. The van der Waals surface area contributed by atoms with Gasteiger partial charge in [-0.15, -0.1) is 11.8 Å². The van der Waals surface area contributed by atoms with Crippen molar-refractivity contribution < 1.29 is 4.79 Å². The summed E-state index contributed by atoms with van der Waals surface area (Å²) < 4.78 is 0. The van der Waals surface area contributed by atoms with Gasteiger partial charge in [-0.2, -0.15) is 5.26 Å². The van der Waals surface area contributed by atoms with E-state index in [-0.39, 0.29) is 11.2 Å². The Morgan fingerprint density at radius 2 is 2.00 bits per heavy atom. The van der Waals surface area contributed by atoms with Crippen molar-refractivity contribution in [3.8, 4) is 6.07 Å². The first-order valence-corrected chi connectivity index (χ1v) is 7.58. The predicted octanol–water partition coefficient (Wildman–Crippen LogP) is 4.33. The maximum Gasteiger partial charge on any atom is 0.237 e. The molecule has 3 nitrogen and oxygen atoms in total. The zero-order valence-corrected chi connectivity index (χ0v) is 12.9. The largest absolute Gasteiger partial charge is 0.325 e. The summed E-state index contributed by atoms with van der Waals surface area (Å²) in [5, 5.41) is 11.7. The molecule has 0 saturated carbocycles. The Hall–Kier alpha value is -1.96. The lowest BCUT2D eigenvalue weighted by Crippen LogP contribution is -2.22. The van der Waals surface area contributed by atoms with Crippen molar-refractivity contribution in [3.05, 3.63) is 59.1 Å². The molecule has 0 heterocycles. The molecule has 1 atom stereocenters.